The van der Waals surface area contributed by atoms with E-state index in [-0.39, 0.29) is 17.6 Å². The lowest BCUT2D eigenvalue weighted by Crippen LogP contribution is -2.32. The molecule has 2 aliphatic carbocycles. The quantitative estimate of drug-likeness (QED) is 0.595. The van der Waals surface area contributed by atoms with Crippen LogP contribution in [-0.4, -0.2) is 58.6 Å². The van der Waals surface area contributed by atoms with E-state index < -0.39 is 6.61 Å². The summed E-state index contributed by atoms with van der Waals surface area (Å²) in [7, 11) is 1.79. The molecule has 0 radical (unpaired) electrons. The van der Waals surface area contributed by atoms with Crippen molar-refractivity contribution < 1.29 is 18.3 Å². The Morgan fingerprint density at radius 2 is 2.12 bits per heavy atom. The minimum absolute atomic E-state index is 0.0637. The molecule has 0 amide bonds. The highest BCUT2D eigenvalue weighted by molar-refractivity contribution is 5.65. The average molecular weight is 460 g/mol. The van der Waals surface area contributed by atoms with Crippen molar-refractivity contribution in [3.8, 4) is 17.0 Å². The van der Waals surface area contributed by atoms with Crippen molar-refractivity contribution in [3.05, 3.63) is 35.7 Å². The molecule has 1 saturated heterocycles. The van der Waals surface area contributed by atoms with Gasteiger partial charge in [0.15, 0.2) is 11.6 Å². The first-order chi connectivity index (χ1) is 15.9. The van der Waals surface area contributed by atoms with Gasteiger partial charge in [0.1, 0.15) is 0 Å². The van der Waals surface area contributed by atoms with Gasteiger partial charge in [-0.2, -0.15) is 13.9 Å². The number of nitrogens with two attached hydrogens (primary N) is 1. The van der Waals surface area contributed by atoms with Crippen molar-refractivity contribution in [2.24, 2.45) is 5.92 Å². The molecule has 5 atom stereocenters. The number of allylic oxidation sites excluding steroid dienone is 1. The van der Waals surface area contributed by atoms with Crippen LogP contribution in [0, 0.1) is 5.92 Å². The first-order valence-electron chi connectivity index (χ1n) is 11.7. The van der Waals surface area contributed by atoms with Gasteiger partial charge in [0.05, 0.1) is 11.8 Å². The molecule has 1 aliphatic heterocycles. The molecule has 178 valence electrons. The molecule has 2 N–H and O–H groups in total. The molecule has 2 aromatic rings. The van der Waals surface area contributed by atoms with E-state index >= 15 is 0 Å². The first kappa shape index (κ1) is 22.3. The third kappa shape index (κ3) is 4.12. The average Bonchev–Trinajstić information content (AvgIpc) is 3.28. The van der Waals surface area contributed by atoms with Crippen LogP contribution in [0.2, 0.25) is 0 Å². The van der Waals surface area contributed by atoms with Gasteiger partial charge in [-0.1, -0.05) is 18.6 Å². The Morgan fingerprint density at radius 3 is 2.76 bits per heavy atom. The summed E-state index contributed by atoms with van der Waals surface area (Å²) in [4.78, 5) is 6.57. The van der Waals surface area contributed by atoms with E-state index in [1.165, 1.54) is 17.3 Å². The SMILES string of the molecule is CCC(C)n1nc(-c2cnc(N)c(OC(F)F)c2)cc1C1C2=CC(N3CCC(OC)C3)CC21. The van der Waals surface area contributed by atoms with Crippen molar-refractivity contribution in [1.82, 2.24) is 19.7 Å². The summed E-state index contributed by atoms with van der Waals surface area (Å²) < 4.78 is 37.6. The van der Waals surface area contributed by atoms with Gasteiger partial charge in [0, 0.05) is 55.7 Å². The number of aromatic nitrogens is 3. The predicted molar refractivity (Wildman–Crippen MR) is 121 cm³/mol. The molecule has 0 bridgehead atoms. The van der Waals surface area contributed by atoms with Crippen molar-refractivity contribution in [2.45, 2.75) is 63.8 Å². The fraction of sp³-hybridized carbons (Fsp3) is 0.583. The molecule has 5 unspecified atom stereocenters. The first-order valence-corrected chi connectivity index (χ1v) is 11.7. The summed E-state index contributed by atoms with van der Waals surface area (Å²) in [5.74, 6) is 0.726. The van der Waals surface area contributed by atoms with Crippen molar-refractivity contribution in [1.29, 1.82) is 0 Å². The highest BCUT2D eigenvalue weighted by Crippen LogP contribution is 2.61. The minimum Gasteiger partial charge on any atom is -0.431 e. The van der Waals surface area contributed by atoms with Gasteiger partial charge in [-0.15, -0.1) is 0 Å². The number of methoxy groups -OCH3 is 1. The zero-order valence-corrected chi connectivity index (χ0v) is 19.2. The highest BCUT2D eigenvalue weighted by atomic mass is 19.3. The van der Waals surface area contributed by atoms with Crippen LogP contribution in [0.25, 0.3) is 11.3 Å². The molecule has 9 heteroatoms. The van der Waals surface area contributed by atoms with E-state index in [9.17, 15) is 8.78 Å². The van der Waals surface area contributed by atoms with Crippen molar-refractivity contribution in [2.75, 3.05) is 25.9 Å². The molecule has 5 rings (SSSR count). The van der Waals surface area contributed by atoms with Crippen LogP contribution < -0.4 is 10.5 Å². The maximum atomic E-state index is 12.7. The summed E-state index contributed by atoms with van der Waals surface area (Å²) >= 11 is 0. The van der Waals surface area contributed by atoms with Crippen molar-refractivity contribution >= 4 is 5.82 Å². The third-order valence-corrected chi connectivity index (χ3v) is 7.42. The Bertz CT molecular complexity index is 1060. The smallest absolute Gasteiger partial charge is 0.387 e. The Kier molecular flexibility index (Phi) is 5.86. The number of nitrogen functional groups attached to an aromatic ring is 1. The highest BCUT2D eigenvalue weighted by Gasteiger charge is 2.53. The van der Waals surface area contributed by atoms with Crippen LogP contribution >= 0.6 is 0 Å². The number of rotatable bonds is 8. The fourth-order valence-corrected chi connectivity index (χ4v) is 5.36. The van der Waals surface area contributed by atoms with Gasteiger partial charge in [-0.3, -0.25) is 9.58 Å². The largest absolute Gasteiger partial charge is 0.431 e. The molecule has 33 heavy (non-hydrogen) atoms. The Labute approximate surface area is 192 Å². The van der Waals surface area contributed by atoms with Gasteiger partial charge in [0.25, 0.3) is 0 Å². The number of alkyl halides is 2. The summed E-state index contributed by atoms with van der Waals surface area (Å²) in [6.45, 7) is 3.42. The number of hydrogen-bond donors (Lipinski definition) is 1. The second-order valence-electron chi connectivity index (χ2n) is 9.34. The number of fused-ring (bicyclic) bond motifs is 1. The van der Waals surface area contributed by atoms with Gasteiger partial charge >= 0.3 is 6.61 Å². The fourth-order valence-electron chi connectivity index (χ4n) is 5.36. The van der Waals surface area contributed by atoms with E-state index in [2.05, 4.69) is 45.3 Å². The Morgan fingerprint density at radius 1 is 1.30 bits per heavy atom. The van der Waals surface area contributed by atoms with Gasteiger partial charge in [0.2, 0.25) is 0 Å². The maximum Gasteiger partial charge on any atom is 0.387 e. The third-order valence-electron chi connectivity index (χ3n) is 7.42. The second kappa shape index (κ2) is 8.68. The van der Waals surface area contributed by atoms with Crippen LogP contribution in [0.1, 0.15) is 50.8 Å². The Hall–Kier alpha value is -2.52. The van der Waals surface area contributed by atoms with Gasteiger partial charge in [-0.25, -0.2) is 4.98 Å². The van der Waals surface area contributed by atoms with E-state index in [4.69, 9.17) is 15.6 Å². The number of ether oxygens (including phenoxy) is 2. The number of hydrogen-bond acceptors (Lipinski definition) is 6. The molecule has 2 aromatic heterocycles. The van der Waals surface area contributed by atoms with E-state index in [1.807, 2.05) is 0 Å². The molecular formula is C24H31F2N5O2. The lowest BCUT2D eigenvalue weighted by Gasteiger charge is -2.24. The van der Waals surface area contributed by atoms with Crippen molar-refractivity contribution in [3.63, 3.8) is 0 Å². The molecule has 0 aromatic carbocycles. The van der Waals surface area contributed by atoms with Crippen LogP contribution in [0.3, 0.4) is 0 Å². The summed E-state index contributed by atoms with van der Waals surface area (Å²) in [5.41, 5.74) is 9.69. The standard InChI is InChI=1S/C24H31F2N5O2/c1-4-13(2)31-20(10-19(29-31)14-7-21(33-24(25)26)23(27)28-11-14)22-17-8-15(9-18(17)22)30-6-5-16(12-30)32-3/h7-8,10-11,13,15-16,18,22,24H,4-6,9,12H2,1-3H3,(H2,27,28). The van der Waals surface area contributed by atoms with Gasteiger partial charge < -0.3 is 15.2 Å². The molecule has 7 nitrogen and oxygen atoms in total. The summed E-state index contributed by atoms with van der Waals surface area (Å²) in [5, 5.41) is 4.85. The van der Waals surface area contributed by atoms with E-state index in [0.717, 1.165) is 32.4 Å². The molecule has 3 aliphatic rings. The maximum absolute atomic E-state index is 12.7. The summed E-state index contributed by atoms with van der Waals surface area (Å²) in [6.07, 6.45) is 7.52. The van der Waals surface area contributed by atoms with Crippen LogP contribution in [0.5, 0.6) is 5.75 Å². The van der Waals surface area contributed by atoms with Crippen LogP contribution in [-0.2, 0) is 4.74 Å². The molecule has 2 fully saturated rings. The molecular weight excluding hydrogens is 428 g/mol. The van der Waals surface area contributed by atoms with Crippen LogP contribution in [0.15, 0.2) is 30.0 Å². The predicted octanol–water partition coefficient (Wildman–Crippen LogP) is 4.23. The number of pyridine rings is 1. The zero-order chi connectivity index (χ0) is 23.3. The topological polar surface area (TPSA) is 78.4 Å². The zero-order valence-electron chi connectivity index (χ0n) is 19.2. The lowest BCUT2D eigenvalue weighted by molar-refractivity contribution is -0.0494. The lowest BCUT2D eigenvalue weighted by atomic mass is 10.1. The monoisotopic (exact) mass is 459 g/mol. The number of halogens is 2. The van der Waals surface area contributed by atoms with Crippen LogP contribution in [0.4, 0.5) is 14.6 Å². The summed E-state index contributed by atoms with van der Waals surface area (Å²) in [6, 6.07) is 4.29. The van der Waals surface area contributed by atoms with E-state index in [0.29, 0.717) is 35.2 Å². The number of nitrogens with zero attached hydrogens (tertiary/aromatic N) is 4. The number of likely N-dealkylation sites (tertiary alicyclic amines) is 1. The molecule has 0 spiro atoms. The minimum atomic E-state index is -2.96. The second-order valence-corrected chi connectivity index (χ2v) is 9.34. The molecule has 1 saturated carbocycles. The molecule has 3 heterocycles. The number of anilines is 1. The van der Waals surface area contributed by atoms with E-state index in [1.54, 1.807) is 13.3 Å². The van der Waals surface area contributed by atoms with Gasteiger partial charge in [-0.05, 0) is 44.2 Å². The Balaban J connectivity index is 1.40. The normalized spacial score (nSPS) is 27.6.